The van der Waals surface area contributed by atoms with E-state index in [0.717, 1.165) is 0 Å². The number of hydrogen-bond acceptors (Lipinski definition) is 0. The fourth-order valence-electron chi connectivity index (χ4n) is 0.322. The molecule has 0 aliphatic carbocycles. The van der Waals surface area contributed by atoms with E-state index in [0.29, 0.717) is 0 Å². The third-order valence-electron chi connectivity index (χ3n) is 0.794. The summed E-state index contributed by atoms with van der Waals surface area (Å²) in [7, 11) is 0. The van der Waals surface area contributed by atoms with Crippen LogP contribution in [-0.2, 0) is 0 Å². The quantitative estimate of drug-likeness (QED) is 0.370. The zero-order valence-electron chi connectivity index (χ0n) is 4.23. The Morgan fingerprint density at radius 3 is 2.57 bits per heavy atom. The van der Waals surface area contributed by atoms with Crippen LogP contribution < -0.4 is 0 Å². The first-order chi connectivity index (χ1) is 3.43. The second kappa shape index (κ2) is 2.50. The first-order valence-corrected chi connectivity index (χ1v) is 6.62. The number of alkyl halides is 2. The molecule has 0 bridgehead atoms. The zero-order chi connectivity index (χ0) is 5.11. The van der Waals surface area contributed by atoms with Crippen LogP contribution in [-0.4, -0.2) is 8.86 Å². The molecule has 1 heterocycles. The minimum absolute atomic E-state index is 0.330. The van der Waals surface area contributed by atoms with Crippen LogP contribution in [0.3, 0.4) is 0 Å². The van der Waals surface area contributed by atoms with Crippen molar-refractivity contribution < 1.29 is 0 Å². The predicted octanol–water partition coefficient (Wildman–Crippen LogP) is 2.21. The van der Waals surface area contributed by atoms with Crippen LogP contribution in [0.5, 0.6) is 0 Å². The molecule has 1 aliphatic rings. The predicted molar refractivity (Wildman–Crippen MR) is 43.1 cm³/mol. The van der Waals surface area contributed by atoms with Gasteiger partial charge in [0, 0.05) is 0 Å². The third kappa shape index (κ3) is 2.12. The summed E-state index contributed by atoms with van der Waals surface area (Å²) in [6.45, 7) is 3.60. The van der Waals surface area contributed by atoms with Gasteiger partial charge in [-0.25, -0.2) is 0 Å². The molecule has 0 atom stereocenters. The van der Waals surface area contributed by atoms with E-state index < -0.39 is 0 Å². The molecule has 7 heavy (non-hydrogen) atoms. The topological polar surface area (TPSA) is 0 Å². The van der Waals surface area contributed by atoms with Gasteiger partial charge in [0.2, 0.25) is 0 Å². The van der Waals surface area contributed by atoms with Crippen molar-refractivity contribution in [3.63, 3.8) is 0 Å². The average Bonchev–Trinajstić information content (AvgIpc) is 2.42. The molecule has 0 unspecified atom stereocenters. The average molecular weight is 208 g/mol. The zero-order valence-corrected chi connectivity index (χ0v) is 6.39. The molecule has 0 spiro atoms. The van der Waals surface area contributed by atoms with Crippen molar-refractivity contribution >= 4 is 19.8 Å². The maximum absolute atomic E-state index is 3.60. The summed E-state index contributed by atoms with van der Waals surface area (Å²) >= 11 is -0.330. The minimum atomic E-state index is -0.330. The van der Waals surface area contributed by atoms with E-state index in [2.05, 4.69) is 16.7 Å². The van der Waals surface area contributed by atoms with Gasteiger partial charge >= 0.3 is 51.5 Å². The van der Waals surface area contributed by atoms with Crippen molar-refractivity contribution in [1.29, 1.82) is 0 Å². The molecule has 0 aromatic heterocycles. The van der Waals surface area contributed by atoms with E-state index in [1.807, 2.05) is 6.08 Å². The van der Waals surface area contributed by atoms with E-state index in [-0.39, 0.29) is 19.8 Å². The molecule has 0 saturated carbocycles. The number of halogens is 1. The van der Waals surface area contributed by atoms with Gasteiger partial charge in [0.15, 0.2) is 0 Å². The Bertz CT molecular complexity index is 90.4. The Morgan fingerprint density at radius 1 is 1.43 bits per heavy atom. The van der Waals surface area contributed by atoms with Crippen molar-refractivity contribution in [3.8, 4) is 0 Å². The first-order valence-electron chi connectivity index (χ1n) is 2.33. The van der Waals surface area contributed by atoms with Gasteiger partial charge in [0.05, 0.1) is 0 Å². The summed E-state index contributed by atoms with van der Waals surface area (Å²) in [4.78, 5) is 0. The Balaban J connectivity index is 2.17. The number of hydrogen-bond donors (Lipinski definition) is 0. The summed E-state index contributed by atoms with van der Waals surface area (Å²) in [5.41, 5.74) is 0. The second-order valence-electron chi connectivity index (χ2n) is 1.43. The van der Waals surface area contributed by atoms with Crippen LogP contribution in [0.2, 0.25) is 0 Å². The molecule has 0 amide bonds. The summed E-state index contributed by atoms with van der Waals surface area (Å²) in [5.74, 6) is 0. The van der Waals surface area contributed by atoms with E-state index in [4.69, 9.17) is 0 Å². The van der Waals surface area contributed by atoms with Gasteiger partial charge in [-0.2, -0.15) is 0 Å². The summed E-state index contributed by atoms with van der Waals surface area (Å²) in [6.07, 6.45) is 3.97. The van der Waals surface area contributed by atoms with Crippen molar-refractivity contribution in [2.75, 3.05) is 8.86 Å². The third-order valence-corrected chi connectivity index (χ3v) is 4.55. The molecule has 1 rings (SSSR count). The first kappa shape index (κ1) is 5.35. The Labute approximate surface area is 51.7 Å². The van der Waals surface area contributed by atoms with E-state index in [1.165, 1.54) is 0 Å². The molecular weight excluding hydrogens is 199 g/mol. The molecule has 0 aromatic carbocycles. The van der Waals surface area contributed by atoms with E-state index in [9.17, 15) is 0 Å². The van der Waals surface area contributed by atoms with Gasteiger partial charge in [-0.3, -0.25) is 0 Å². The molecular formula is C6H9I. The monoisotopic (exact) mass is 208 g/mol. The Kier molecular flexibility index (Phi) is 1.91. The molecule has 1 fully saturated rings. The fourth-order valence-corrected chi connectivity index (χ4v) is 3.74. The van der Waals surface area contributed by atoms with Gasteiger partial charge in [-0.1, -0.05) is 0 Å². The van der Waals surface area contributed by atoms with Crippen molar-refractivity contribution in [3.05, 3.63) is 22.8 Å². The molecule has 1 saturated heterocycles. The van der Waals surface area contributed by atoms with Crippen LogP contribution in [0, 0.1) is 0 Å². The van der Waals surface area contributed by atoms with Crippen LogP contribution >= 0.6 is 19.8 Å². The van der Waals surface area contributed by atoms with Crippen molar-refractivity contribution in [2.45, 2.75) is 0 Å². The van der Waals surface area contributed by atoms with Gasteiger partial charge in [0.25, 0.3) is 0 Å². The number of rotatable bonds is 2. The standard InChI is InChI=1S/C6H9I/c1-2-3-4-7-5-6-7/h2-4H,1,5-6H2/b4-3+. The fraction of sp³-hybridized carbons (Fsp3) is 0.333. The van der Waals surface area contributed by atoms with Gasteiger partial charge in [0.1, 0.15) is 0 Å². The van der Waals surface area contributed by atoms with E-state index in [1.54, 1.807) is 8.86 Å². The van der Waals surface area contributed by atoms with Crippen LogP contribution in [0.4, 0.5) is 0 Å². The summed E-state index contributed by atoms with van der Waals surface area (Å²) in [6, 6.07) is 0. The molecule has 1 heteroatoms. The second-order valence-corrected chi connectivity index (χ2v) is 7.15. The summed E-state index contributed by atoms with van der Waals surface area (Å²) in [5, 5.41) is 0. The molecule has 40 valence electrons. The SMILES string of the molecule is C=C/C=C/I1CC1. The van der Waals surface area contributed by atoms with Gasteiger partial charge in [-0.05, 0) is 0 Å². The summed E-state index contributed by atoms with van der Waals surface area (Å²) < 4.78 is 5.47. The molecule has 0 aromatic rings. The van der Waals surface area contributed by atoms with E-state index >= 15 is 0 Å². The van der Waals surface area contributed by atoms with Crippen LogP contribution in [0.1, 0.15) is 0 Å². The van der Waals surface area contributed by atoms with Gasteiger partial charge < -0.3 is 0 Å². The van der Waals surface area contributed by atoms with Crippen LogP contribution in [0.15, 0.2) is 22.8 Å². The van der Waals surface area contributed by atoms with Crippen LogP contribution in [0.25, 0.3) is 0 Å². The van der Waals surface area contributed by atoms with Gasteiger partial charge in [-0.15, -0.1) is 0 Å². The van der Waals surface area contributed by atoms with Crippen molar-refractivity contribution in [1.82, 2.24) is 0 Å². The molecule has 0 N–H and O–H groups in total. The number of allylic oxidation sites excluding steroid dienone is 2. The normalized spacial score (nSPS) is 23.1. The van der Waals surface area contributed by atoms with Crippen molar-refractivity contribution in [2.24, 2.45) is 0 Å². The molecule has 0 radical (unpaired) electrons. The molecule has 0 nitrogen and oxygen atoms in total. The Hall–Kier alpha value is 0.210. The Morgan fingerprint density at radius 2 is 2.14 bits per heavy atom. The molecule has 1 aliphatic heterocycles. The maximum atomic E-state index is 3.60.